The van der Waals surface area contributed by atoms with Gasteiger partial charge in [-0.2, -0.15) is 0 Å². The van der Waals surface area contributed by atoms with Crippen molar-refractivity contribution in [1.82, 2.24) is 0 Å². The summed E-state index contributed by atoms with van der Waals surface area (Å²) >= 11 is 0. The Hall–Kier alpha value is -3.32. The summed E-state index contributed by atoms with van der Waals surface area (Å²) in [5.74, 6) is 0. The first-order valence-corrected chi connectivity index (χ1v) is 8.13. The molecular formula is C24H19N. The van der Waals surface area contributed by atoms with E-state index in [1.165, 1.54) is 11.6 Å². The number of nitrogens with one attached hydrogen (secondary N) is 1. The fraction of sp³-hybridized carbons (Fsp3) is 0. The Morgan fingerprint density at radius 2 is 0.960 bits per heavy atom. The molecule has 4 aromatic rings. The fourth-order valence-electron chi connectivity index (χ4n) is 2.69. The van der Waals surface area contributed by atoms with Crippen LogP contribution in [0.5, 0.6) is 0 Å². The van der Waals surface area contributed by atoms with E-state index in [1.54, 1.807) is 0 Å². The minimum absolute atomic E-state index is 0.0248. The summed E-state index contributed by atoms with van der Waals surface area (Å²) in [5.41, 5.74) is 5.15. The number of hydrogen-bond donors (Lipinski definition) is 1. The summed E-state index contributed by atoms with van der Waals surface area (Å²) in [6.45, 7) is 0. The normalized spacial score (nSPS) is 12.6. The van der Waals surface area contributed by atoms with Crippen LogP contribution in [0.1, 0.15) is 5.48 Å². The number of benzene rings is 4. The van der Waals surface area contributed by atoms with E-state index < -0.39 is 0 Å². The monoisotopic (exact) mass is 325 g/mol. The lowest BCUT2D eigenvalue weighted by Crippen LogP contribution is -1.90. The molecule has 25 heavy (non-hydrogen) atoms. The summed E-state index contributed by atoms with van der Waals surface area (Å²) in [5, 5.41) is 3.35. The molecular weight excluding hydrogens is 302 g/mol. The maximum absolute atomic E-state index is 8.09. The van der Waals surface area contributed by atoms with Crippen LogP contribution >= 0.6 is 0 Å². The summed E-state index contributed by atoms with van der Waals surface area (Å²) in [4.78, 5) is 0. The standard InChI is InChI=1S/C24H19N/c1-3-7-19(8-4-1)21-11-15-23(16-12-21)25-24-17-13-22(14-18-24)20-9-5-2-6-10-20/h1-18,25H/i3D,4D,7D,8D. The van der Waals surface area contributed by atoms with Gasteiger partial charge in [-0.05, 0) is 46.5 Å². The molecule has 0 aliphatic carbocycles. The van der Waals surface area contributed by atoms with Gasteiger partial charge in [-0.25, -0.2) is 0 Å². The van der Waals surface area contributed by atoms with Gasteiger partial charge in [0.1, 0.15) is 0 Å². The summed E-state index contributed by atoms with van der Waals surface area (Å²) in [6.07, 6.45) is 0. The molecule has 1 N–H and O–H groups in total. The highest BCUT2D eigenvalue weighted by molar-refractivity contribution is 5.70. The van der Waals surface area contributed by atoms with Crippen molar-refractivity contribution >= 4 is 11.4 Å². The zero-order chi connectivity index (χ0) is 20.4. The van der Waals surface area contributed by atoms with Crippen LogP contribution in [0.25, 0.3) is 22.3 Å². The Kier molecular flexibility index (Phi) is 3.18. The van der Waals surface area contributed by atoms with Gasteiger partial charge in [0, 0.05) is 11.4 Å². The van der Waals surface area contributed by atoms with Gasteiger partial charge in [0.2, 0.25) is 0 Å². The quantitative estimate of drug-likeness (QED) is 0.437. The van der Waals surface area contributed by atoms with E-state index in [1.807, 2.05) is 54.6 Å². The maximum atomic E-state index is 8.09. The average molecular weight is 325 g/mol. The molecule has 0 saturated heterocycles. The summed E-state index contributed by atoms with van der Waals surface area (Å²) in [6, 6.07) is 26.9. The first kappa shape index (κ1) is 11.3. The predicted octanol–water partition coefficient (Wildman–Crippen LogP) is 6.76. The van der Waals surface area contributed by atoms with Gasteiger partial charge in [0.25, 0.3) is 0 Å². The van der Waals surface area contributed by atoms with Crippen molar-refractivity contribution in [3.8, 4) is 22.3 Å². The van der Waals surface area contributed by atoms with Gasteiger partial charge in [-0.15, -0.1) is 0 Å². The molecule has 1 nitrogen and oxygen atoms in total. The van der Waals surface area contributed by atoms with E-state index in [9.17, 15) is 0 Å². The van der Waals surface area contributed by atoms with E-state index in [-0.39, 0.29) is 24.2 Å². The van der Waals surface area contributed by atoms with Crippen molar-refractivity contribution < 1.29 is 5.48 Å². The largest absolute Gasteiger partial charge is 0.356 e. The molecule has 0 saturated carbocycles. The lowest BCUT2D eigenvalue weighted by atomic mass is 10.0. The Bertz CT molecular complexity index is 1110. The molecule has 0 spiro atoms. The van der Waals surface area contributed by atoms with Gasteiger partial charge in [0.15, 0.2) is 0 Å². The van der Waals surface area contributed by atoms with E-state index >= 15 is 0 Å². The van der Waals surface area contributed by atoms with Gasteiger partial charge >= 0.3 is 0 Å². The summed E-state index contributed by atoms with van der Waals surface area (Å²) < 4.78 is 31.8. The minimum atomic E-state index is -0.0401. The highest BCUT2D eigenvalue weighted by atomic mass is 14.9. The second-order valence-corrected chi connectivity index (χ2v) is 5.70. The van der Waals surface area contributed by atoms with E-state index in [0.717, 1.165) is 16.9 Å². The highest BCUT2D eigenvalue weighted by Crippen LogP contribution is 2.25. The smallest absolute Gasteiger partial charge is 0.0629 e. The lowest BCUT2D eigenvalue weighted by molar-refractivity contribution is 1.53. The van der Waals surface area contributed by atoms with E-state index in [4.69, 9.17) is 5.48 Å². The molecule has 0 atom stereocenters. The van der Waals surface area contributed by atoms with Crippen molar-refractivity contribution in [1.29, 1.82) is 0 Å². The number of hydrogen-bond acceptors (Lipinski definition) is 1. The minimum Gasteiger partial charge on any atom is -0.356 e. The predicted molar refractivity (Wildman–Crippen MR) is 107 cm³/mol. The van der Waals surface area contributed by atoms with Crippen molar-refractivity contribution in [2.45, 2.75) is 0 Å². The number of anilines is 2. The Balaban J connectivity index is 1.55. The van der Waals surface area contributed by atoms with Crippen LogP contribution in [0.15, 0.2) is 109 Å². The van der Waals surface area contributed by atoms with Crippen LogP contribution < -0.4 is 5.32 Å². The van der Waals surface area contributed by atoms with Crippen LogP contribution in [0.3, 0.4) is 0 Å². The zero-order valence-electron chi connectivity index (χ0n) is 17.6. The van der Waals surface area contributed by atoms with Gasteiger partial charge in [0.05, 0.1) is 5.48 Å². The Morgan fingerprint density at radius 1 is 0.480 bits per heavy atom. The molecule has 0 heterocycles. The molecule has 0 aliphatic rings. The van der Waals surface area contributed by atoms with E-state index in [2.05, 4.69) is 29.6 Å². The topological polar surface area (TPSA) is 12.0 Å². The van der Waals surface area contributed by atoms with Crippen LogP contribution in [-0.4, -0.2) is 0 Å². The van der Waals surface area contributed by atoms with Crippen LogP contribution in [-0.2, 0) is 0 Å². The molecule has 0 unspecified atom stereocenters. The molecule has 0 radical (unpaired) electrons. The van der Waals surface area contributed by atoms with Crippen LogP contribution in [0, 0.1) is 0 Å². The van der Waals surface area contributed by atoms with Crippen molar-refractivity contribution in [2.24, 2.45) is 0 Å². The van der Waals surface area contributed by atoms with Gasteiger partial charge in [-0.3, -0.25) is 0 Å². The first-order chi connectivity index (χ1) is 14.0. The van der Waals surface area contributed by atoms with Crippen molar-refractivity contribution in [2.75, 3.05) is 5.32 Å². The zero-order valence-corrected chi connectivity index (χ0v) is 13.6. The van der Waals surface area contributed by atoms with Gasteiger partial charge < -0.3 is 5.32 Å². The molecule has 0 aromatic heterocycles. The van der Waals surface area contributed by atoms with Gasteiger partial charge in [-0.1, -0.05) is 84.8 Å². The molecule has 1 heteroatoms. The second-order valence-electron chi connectivity index (χ2n) is 5.70. The molecule has 4 rings (SSSR count). The molecule has 0 amide bonds. The third kappa shape index (κ3) is 3.61. The fourth-order valence-corrected chi connectivity index (χ4v) is 2.69. The molecule has 120 valence electrons. The van der Waals surface area contributed by atoms with Crippen LogP contribution in [0.4, 0.5) is 11.4 Å². The maximum Gasteiger partial charge on any atom is 0.0629 e. The van der Waals surface area contributed by atoms with E-state index in [0.29, 0.717) is 11.1 Å². The molecule has 4 aromatic carbocycles. The summed E-state index contributed by atoms with van der Waals surface area (Å²) in [7, 11) is 0. The van der Waals surface area contributed by atoms with Crippen LogP contribution in [0.2, 0.25) is 0 Å². The lowest BCUT2D eigenvalue weighted by Gasteiger charge is -2.09. The molecule has 0 fully saturated rings. The highest BCUT2D eigenvalue weighted by Gasteiger charge is 2.00. The molecule has 0 aliphatic heterocycles. The second kappa shape index (κ2) is 7.06. The third-order valence-electron chi connectivity index (χ3n) is 3.99. The average Bonchev–Trinajstić information content (AvgIpc) is 2.75. The van der Waals surface area contributed by atoms with Crippen molar-refractivity contribution in [3.05, 3.63) is 109 Å². The van der Waals surface area contributed by atoms with Crippen molar-refractivity contribution in [3.63, 3.8) is 0 Å². The SMILES string of the molecule is [2H]c1cc([2H])c([2H])c(-c2ccc(Nc3ccc(-c4ccccc4)cc3)cc2)c1[2H]. The number of rotatable bonds is 4. The third-order valence-corrected chi connectivity index (χ3v) is 3.99. The first-order valence-electron chi connectivity index (χ1n) is 10.1. The molecule has 0 bridgehead atoms. The Morgan fingerprint density at radius 3 is 1.52 bits per heavy atom. The Labute approximate surface area is 154 Å².